The molecular weight excluding hydrogens is 96.1 g/mol. The van der Waals surface area contributed by atoms with Crippen molar-refractivity contribution in [1.29, 1.82) is 0 Å². The minimum atomic E-state index is 1.06. The van der Waals surface area contributed by atoms with Crippen LogP contribution in [0.3, 0.4) is 0 Å². The second kappa shape index (κ2) is 2.51. The van der Waals surface area contributed by atoms with Crippen LogP contribution in [0.4, 0.5) is 0 Å². The van der Waals surface area contributed by atoms with Crippen molar-refractivity contribution in [2.45, 2.75) is 0 Å². The third kappa shape index (κ3) is 1.09. The molecule has 0 atom stereocenters. The maximum absolute atomic E-state index is 5.22. The molecule has 1 rings (SSSR count). The Hall–Kier alpha value is -0.780. The van der Waals surface area contributed by atoms with Crippen LogP contribution in [-0.2, 0) is 0 Å². The summed E-state index contributed by atoms with van der Waals surface area (Å²) in [5.41, 5.74) is 1.06. The van der Waals surface area contributed by atoms with Gasteiger partial charge >= 0.3 is 0 Å². The van der Waals surface area contributed by atoms with E-state index in [0.29, 0.717) is 0 Å². The number of hydrogen-bond acceptors (Lipinski definition) is 0. The fraction of sp³-hybridized carbons (Fsp3) is 0. The first-order chi connectivity index (χ1) is 3.93. The summed E-state index contributed by atoms with van der Waals surface area (Å²) in [5, 5.41) is 0. The molecule has 0 aliphatic heterocycles. The van der Waals surface area contributed by atoms with E-state index in [2.05, 4.69) is 0 Å². The highest BCUT2D eigenvalue weighted by molar-refractivity contribution is 5.22. The van der Waals surface area contributed by atoms with Gasteiger partial charge in [0.1, 0.15) is 0 Å². The molecular formula is C8H7. The molecule has 0 saturated heterocycles. The van der Waals surface area contributed by atoms with E-state index in [0.717, 1.165) is 5.56 Å². The van der Waals surface area contributed by atoms with Gasteiger partial charge in [-0.05, 0) is 18.9 Å². The summed E-state index contributed by atoms with van der Waals surface area (Å²) in [5.74, 6) is 0. The van der Waals surface area contributed by atoms with Crippen molar-refractivity contribution < 1.29 is 0 Å². The maximum atomic E-state index is 5.22. The van der Waals surface area contributed by atoms with E-state index in [1.807, 2.05) is 30.3 Å². The van der Waals surface area contributed by atoms with Gasteiger partial charge in [0.25, 0.3) is 0 Å². The van der Waals surface area contributed by atoms with Crippen LogP contribution in [0.5, 0.6) is 0 Å². The molecule has 0 bridgehead atoms. The zero-order valence-electron chi connectivity index (χ0n) is 4.54. The smallest absolute Gasteiger partial charge is 0.00559 e. The molecule has 0 spiro atoms. The molecule has 0 aliphatic carbocycles. The zero-order chi connectivity index (χ0) is 5.82. The average Bonchev–Trinajstić information content (AvgIpc) is 1.90. The van der Waals surface area contributed by atoms with Gasteiger partial charge in [-0.3, -0.25) is 0 Å². The predicted molar refractivity (Wildman–Crippen MR) is 34.1 cm³/mol. The predicted octanol–water partition coefficient (Wildman–Crippen LogP) is 1.95. The van der Waals surface area contributed by atoms with E-state index in [1.54, 1.807) is 6.42 Å². The highest BCUT2D eigenvalue weighted by Crippen LogP contribution is 1.98. The van der Waals surface area contributed by atoms with E-state index in [1.165, 1.54) is 0 Å². The fourth-order valence-corrected chi connectivity index (χ4v) is 0.564. The molecule has 39 valence electrons. The van der Waals surface area contributed by atoms with Crippen molar-refractivity contribution in [3.8, 4) is 0 Å². The molecule has 0 unspecified atom stereocenters. The summed E-state index contributed by atoms with van der Waals surface area (Å²) in [6.45, 7) is 5.22. The molecule has 0 N–H and O–H groups in total. The van der Waals surface area contributed by atoms with E-state index in [-0.39, 0.29) is 0 Å². The Labute approximate surface area is 50.2 Å². The molecule has 0 nitrogen and oxygen atoms in total. The quantitative estimate of drug-likeness (QED) is 0.509. The molecule has 8 heavy (non-hydrogen) atoms. The van der Waals surface area contributed by atoms with Gasteiger partial charge in [0, 0.05) is 0 Å². The van der Waals surface area contributed by atoms with Gasteiger partial charge in [0.2, 0.25) is 0 Å². The largest absolute Gasteiger partial charge is 0.0622 e. The standard InChI is InChI=1S/C8H7/c1-2-8-6-4-3-5-7-8/h1-7H. The number of rotatable bonds is 1. The van der Waals surface area contributed by atoms with Crippen LogP contribution in [0.1, 0.15) is 5.56 Å². The summed E-state index contributed by atoms with van der Waals surface area (Å²) in [6, 6.07) is 9.80. The third-order valence-corrected chi connectivity index (χ3v) is 0.992. The summed E-state index contributed by atoms with van der Waals surface area (Å²) in [4.78, 5) is 0. The highest BCUT2D eigenvalue weighted by Gasteiger charge is 1.80. The summed E-state index contributed by atoms with van der Waals surface area (Å²) in [6.07, 6.45) is 1.58. The lowest BCUT2D eigenvalue weighted by atomic mass is 10.2. The molecule has 1 aromatic carbocycles. The van der Waals surface area contributed by atoms with Crippen molar-refractivity contribution >= 4 is 0 Å². The van der Waals surface area contributed by atoms with Gasteiger partial charge in [-0.1, -0.05) is 30.3 Å². The minimum Gasteiger partial charge on any atom is -0.0622 e. The van der Waals surface area contributed by atoms with Crippen LogP contribution in [0.25, 0.3) is 0 Å². The summed E-state index contributed by atoms with van der Waals surface area (Å²) >= 11 is 0. The normalized spacial score (nSPS) is 9.12. The molecule has 0 heteroatoms. The molecule has 3 radical (unpaired) electrons. The monoisotopic (exact) mass is 103 g/mol. The lowest BCUT2D eigenvalue weighted by Crippen LogP contribution is -1.71. The fourth-order valence-electron chi connectivity index (χ4n) is 0.564. The molecule has 0 heterocycles. The van der Waals surface area contributed by atoms with E-state index in [4.69, 9.17) is 6.92 Å². The summed E-state index contributed by atoms with van der Waals surface area (Å²) in [7, 11) is 0. The van der Waals surface area contributed by atoms with Crippen LogP contribution >= 0.6 is 0 Å². The van der Waals surface area contributed by atoms with Crippen molar-refractivity contribution in [2.24, 2.45) is 0 Å². The van der Waals surface area contributed by atoms with Crippen LogP contribution in [0.2, 0.25) is 0 Å². The molecule has 0 saturated carbocycles. The summed E-state index contributed by atoms with van der Waals surface area (Å²) < 4.78 is 0. The molecule has 0 fully saturated rings. The van der Waals surface area contributed by atoms with Crippen molar-refractivity contribution in [3.63, 3.8) is 0 Å². The minimum absolute atomic E-state index is 1.06. The Morgan fingerprint density at radius 1 is 1.12 bits per heavy atom. The Kier molecular flexibility index (Phi) is 1.68. The van der Waals surface area contributed by atoms with Gasteiger partial charge in [0.15, 0.2) is 0 Å². The topological polar surface area (TPSA) is 0 Å². The van der Waals surface area contributed by atoms with Crippen LogP contribution in [0.15, 0.2) is 30.3 Å². The van der Waals surface area contributed by atoms with Gasteiger partial charge in [-0.2, -0.15) is 0 Å². The number of hydrogen-bond donors (Lipinski definition) is 0. The SMILES string of the molecule is [CH][CH]c1ccccc1. The average molecular weight is 103 g/mol. The van der Waals surface area contributed by atoms with Crippen LogP contribution in [0, 0.1) is 13.3 Å². The number of benzene rings is 1. The third-order valence-electron chi connectivity index (χ3n) is 0.992. The lowest BCUT2D eigenvalue weighted by molar-refractivity contribution is 1.53. The second-order valence-corrected chi connectivity index (χ2v) is 1.58. The second-order valence-electron chi connectivity index (χ2n) is 1.58. The van der Waals surface area contributed by atoms with Gasteiger partial charge in [-0.25, -0.2) is 0 Å². The molecule has 1 aromatic rings. The van der Waals surface area contributed by atoms with Gasteiger partial charge in [0.05, 0.1) is 0 Å². The van der Waals surface area contributed by atoms with Gasteiger partial charge < -0.3 is 0 Å². The zero-order valence-corrected chi connectivity index (χ0v) is 4.54. The molecule has 0 aromatic heterocycles. The maximum Gasteiger partial charge on any atom is -0.00559 e. The van der Waals surface area contributed by atoms with Crippen LogP contribution in [-0.4, -0.2) is 0 Å². The van der Waals surface area contributed by atoms with Crippen molar-refractivity contribution in [3.05, 3.63) is 49.2 Å². The first kappa shape index (κ1) is 5.36. The Morgan fingerprint density at radius 3 is 2.12 bits per heavy atom. The first-order valence-corrected chi connectivity index (χ1v) is 2.53. The van der Waals surface area contributed by atoms with Gasteiger partial charge in [-0.15, -0.1) is 0 Å². The van der Waals surface area contributed by atoms with Crippen molar-refractivity contribution in [2.75, 3.05) is 0 Å². The highest BCUT2D eigenvalue weighted by atomic mass is 13.9. The first-order valence-electron chi connectivity index (χ1n) is 2.53. The van der Waals surface area contributed by atoms with E-state index < -0.39 is 0 Å². The Balaban J connectivity index is 2.83. The van der Waals surface area contributed by atoms with E-state index >= 15 is 0 Å². The van der Waals surface area contributed by atoms with Crippen LogP contribution < -0.4 is 0 Å². The molecule has 0 aliphatic rings. The Morgan fingerprint density at radius 2 is 1.75 bits per heavy atom. The van der Waals surface area contributed by atoms with E-state index in [9.17, 15) is 0 Å². The Bertz CT molecular complexity index is 141. The molecule has 0 amide bonds. The van der Waals surface area contributed by atoms with Crippen molar-refractivity contribution in [1.82, 2.24) is 0 Å². The lowest BCUT2D eigenvalue weighted by Gasteiger charge is -1.88.